The quantitative estimate of drug-likeness (QED) is 0.555. The first-order valence-electron chi connectivity index (χ1n) is 4.04. The molecule has 0 aliphatic heterocycles. The van der Waals surface area contributed by atoms with Crippen LogP contribution in [0.5, 0.6) is 5.75 Å². The Morgan fingerprint density at radius 3 is 2.79 bits per heavy atom. The van der Waals surface area contributed by atoms with E-state index < -0.39 is 12.1 Å². The molecule has 0 saturated heterocycles. The number of ether oxygens (including phenoxy) is 1. The van der Waals surface area contributed by atoms with Crippen molar-refractivity contribution in [3.05, 3.63) is 29.8 Å². The smallest absolute Gasteiger partial charge is 0.340 e. The summed E-state index contributed by atoms with van der Waals surface area (Å²) < 4.78 is 4.79. The van der Waals surface area contributed by atoms with E-state index in [0.29, 0.717) is 0 Å². The highest BCUT2D eigenvalue weighted by atomic mass is 16.5. The third kappa shape index (κ3) is 2.31. The van der Waals surface area contributed by atoms with E-state index in [1.165, 1.54) is 19.1 Å². The second-order valence-corrected chi connectivity index (χ2v) is 2.71. The van der Waals surface area contributed by atoms with Gasteiger partial charge in [0.1, 0.15) is 17.9 Å². The Morgan fingerprint density at radius 2 is 2.21 bits per heavy atom. The molecule has 0 radical (unpaired) electrons. The molecule has 0 heterocycles. The molecule has 0 fully saturated rings. The largest absolute Gasteiger partial charge is 0.423 e. The van der Waals surface area contributed by atoms with Crippen molar-refractivity contribution in [1.82, 2.24) is 0 Å². The van der Waals surface area contributed by atoms with E-state index >= 15 is 0 Å². The minimum absolute atomic E-state index is 0.168. The second kappa shape index (κ2) is 4.40. The standard InChI is InChI=1S/C10H9NO3/c1-7(12)10(13)14-9-5-3-2-4-8(9)6-11/h2-5,7,12H,1H3. The van der Waals surface area contributed by atoms with Gasteiger partial charge >= 0.3 is 5.97 Å². The van der Waals surface area contributed by atoms with E-state index in [2.05, 4.69) is 0 Å². The summed E-state index contributed by atoms with van der Waals surface area (Å²) >= 11 is 0. The summed E-state index contributed by atoms with van der Waals surface area (Å²) in [5.41, 5.74) is 0.265. The predicted octanol–water partition coefficient (Wildman–Crippen LogP) is 0.844. The first-order chi connectivity index (χ1) is 6.65. The molecule has 0 bridgehead atoms. The van der Waals surface area contributed by atoms with Crippen LogP contribution in [0.1, 0.15) is 12.5 Å². The number of nitriles is 1. The fourth-order valence-electron chi connectivity index (χ4n) is 0.842. The van der Waals surface area contributed by atoms with Crippen LogP contribution in [0.25, 0.3) is 0 Å². The van der Waals surface area contributed by atoms with Crippen molar-refractivity contribution in [2.45, 2.75) is 13.0 Å². The van der Waals surface area contributed by atoms with E-state index in [4.69, 9.17) is 15.1 Å². The zero-order valence-corrected chi connectivity index (χ0v) is 7.60. The Hall–Kier alpha value is -1.86. The van der Waals surface area contributed by atoms with Gasteiger partial charge in [-0.15, -0.1) is 0 Å². The van der Waals surface area contributed by atoms with Crippen LogP contribution in [0.4, 0.5) is 0 Å². The number of hydrogen-bond donors (Lipinski definition) is 1. The number of carbonyl (C=O) groups excluding carboxylic acids is 1. The molecule has 1 N–H and O–H groups in total. The highest BCUT2D eigenvalue weighted by Crippen LogP contribution is 2.16. The number of carbonyl (C=O) groups is 1. The third-order valence-electron chi connectivity index (χ3n) is 1.56. The lowest BCUT2D eigenvalue weighted by molar-refractivity contribution is -0.142. The van der Waals surface area contributed by atoms with Gasteiger partial charge in [0.2, 0.25) is 0 Å². The second-order valence-electron chi connectivity index (χ2n) is 2.71. The Kier molecular flexibility index (Phi) is 3.21. The van der Waals surface area contributed by atoms with Crippen LogP contribution in [-0.4, -0.2) is 17.2 Å². The lowest BCUT2D eigenvalue weighted by atomic mass is 10.2. The summed E-state index contributed by atoms with van der Waals surface area (Å²) in [5, 5.41) is 17.6. The molecule has 1 aromatic rings. The van der Waals surface area contributed by atoms with Gasteiger partial charge in [0, 0.05) is 0 Å². The van der Waals surface area contributed by atoms with Crippen molar-refractivity contribution >= 4 is 5.97 Å². The molecule has 4 nitrogen and oxygen atoms in total. The van der Waals surface area contributed by atoms with E-state index in [0.717, 1.165) is 0 Å². The lowest BCUT2D eigenvalue weighted by Gasteiger charge is -2.06. The molecule has 1 rings (SSSR count). The van der Waals surface area contributed by atoms with Gasteiger partial charge in [-0.3, -0.25) is 0 Å². The topological polar surface area (TPSA) is 70.3 Å². The summed E-state index contributed by atoms with van der Waals surface area (Å²) in [5.74, 6) is -0.603. The van der Waals surface area contributed by atoms with Crippen molar-refractivity contribution in [1.29, 1.82) is 5.26 Å². The maximum Gasteiger partial charge on any atom is 0.340 e. The zero-order chi connectivity index (χ0) is 10.6. The highest BCUT2D eigenvalue weighted by molar-refractivity contribution is 5.77. The van der Waals surface area contributed by atoms with Crippen LogP contribution >= 0.6 is 0 Å². The Morgan fingerprint density at radius 1 is 1.57 bits per heavy atom. The van der Waals surface area contributed by atoms with Gasteiger partial charge in [0.05, 0.1) is 5.56 Å². The SMILES string of the molecule is CC(O)C(=O)Oc1ccccc1C#N. The molecule has 0 aliphatic carbocycles. The van der Waals surface area contributed by atoms with Gasteiger partial charge in [-0.25, -0.2) is 4.79 Å². The number of hydrogen-bond acceptors (Lipinski definition) is 4. The van der Waals surface area contributed by atoms with Crippen molar-refractivity contribution in [3.8, 4) is 11.8 Å². The van der Waals surface area contributed by atoms with Crippen molar-refractivity contribution in [2.24, 2.45) is 0 Å². The van der Waals surface area contributed by atoms with Crippen LogP contribution in [-0.2, 0) is 4.79 Å². The third-order valence-corrected chi connectivity index (χ3v) is 1.56. The molecule has 1 aromatic carbocycles. The molecular formula is C10H9NO3. The van der Waals surface area contributed by atoms with E-state index in [-0.39, 0.29) is 11.3 Å². The minimum Gasteiger partial charge on any atom is -0.423 e. The summed E-state index contributed by atoms with van der Waals surface area (Å²) in [4.78, 5) is 11.0. The van der Waals surface area contributed by atoms with Gasteiger partial charge in [-0.1, -0.05) is 12.1 Å². The van der Waals surface area contributed by atoms with Gasteiger partial charge in [-0.2, -0.15) is 5.26 Å². The molecule has 1 atom stereocenters. The average molecular weight is 191 g/mol. The van der Waals surface area contributed by atoms with Gasteiger partial charge in [-0.05, 0) is 19.1 Å². The van der Waals surface area contributed by atoms with Gasteiger partial charge in [0.15, 0.2) is 0 Å². The Balaban J connectivity index is 2.87. The molecule has 0 aromatic heterocycles. The van der Waals surface area contributed by atoms with Crippen LogP contribution < -0.4 is 4.74 Å². The first-order valence-corrected chi connectivity index (χ1v) is 4.04. The monoisotopic (exact) mass is 191 g/mol. The molecule has 1 unspecified atom stereocenters. The number of nitrogens with zero attached hydrogens (tertiary/aromatic N) is 1. The molecule has 14 heavy (non-hydrogen) atoms. The summed E-state index contributed by atoms with van der Waals surface area (Å²) in [6.45, 7) is 1.30. The number of esters is 1. The molecule has 72 valence electrons. The predicted molar refractivity (Wildman–Crippen MR) is 48.5 cm³/mol. The van der Waals surface area contributed by atoms with Crippen LogP contribution in [0.3, 0.4) is 0 Å². The molecular weight excluding hydrogens is 182 g/mol. The van der Waals surface area contributed by atoms with Crippen molar-refractivity contribution in [3.63, 3.8) is 0 Å². The number of aliphatic hydroxyl groups is 1. The molecule has 0 amide bonds. The van der Waals surface area contributed by atoms with E-state index in [1.54, 1.807) is 12.1 Å². The fraction of sp³-hybridized carbons (Fsp3) is 0.200. The first kappa shape index (κ1) is 10.2. The molecule has 0 aliphatic rings. The average Bonchev–Trinajstić information content (AvgIpc) is 2.18. The Labute approximate surface area is 81.4 Å². The van der Waals surface area contributed by atoms with Crippen LogP contribution in [0.15, 0.2) is 24.3 Å². The van der Waals surface area contributed by atoms with Crippen LogP contribution in [0, 0.1) is 11.3 Å². The molecule has 0 saturated carbocycles. The lowest BCUT2D eigenvalue weighted by Crippen LogP contribution is -2.22. The van der Waals surface area contributed by atoms with Gasteiger partial charge < -0.3 is 9.84 Å². The number of para-hydroxylation sites is 1. The maximum atomic E-state index is 11.0. The summed E-state index contributed by atoms with van der Waals surface area (Å²) in [7, 11) is 0. The molecule has 0 spiro atoms. The van der Waals surface area contributed by atoms with Crippen molar-refractivity contribution in [2.75, 3.05) is 0 Å². The van der Waals surface area contributed by atoms with Gasteiger partial charge in [0.25, 0.3) is 0 Å². The molecule has 4 heteroatoms. The van der Waals surface area contributed by atoms with E-state index in [9.17, 15) is 4.79 Å². The number of rotatable bonds is 2. The fourth-order valence-corrected chi connectivity index (χ4v) is 0.842. The zero-order valence-electron chi connectivity index (χ0n) is 7.60. The van der Waals surface area contributed by atoms with E-state index in [1.807, 2.05) is 6.07 Å². The number of aliphatic hydroxyl groups excluding tert-OH is 1. The Bertz CT molecular complexity index is 379. The van der Waals surface area contributed by atoms with Crippen LogP contribution in [0.2, 0.25) is 0 Å². The summed E-state index contributed by atoms with van der Waals surface area (Å²) in [6.07, 6.45) is -1.19. The normalized spacial score (nSPS) is 11.5. The maximum absolute atomic E-state index is 11.0. The van der Waals surface area contributed by atoms with Crippen molar-refractivity contribution < 1.29 is 14.6 Å². The number of benzene rings is 1. The summed E-state index contributed by atoms with van der Waals surface area (Å²) in [6, 6.07) is 8.22. The highest BCUT2D eigenvalue weighted by Gasteiger charge is 2.13. The minimum atomic E-state index is -1.19.